The first-order valence-electron chi connectivity index (χ1n) is 5.62. The van der Waals surface area contributed by atoms with Crippen molar-refractivity contribution in [2.24, 2.45) is 5.92 Å². The molecule has 1 heterocycles. The van der Waals surface area contributed by atoms with Crippen molar-refractivity contribution < 1.29 is 4.79 Å². The summed E-state index contributed by atoms with van der Waals surface area (Å²) in [7, 11) is 0. The van der Waals surface area contributed by atoms with E-state index < -0.39 is 0 Å². The van der Waals surface area contributed by atoms with Gasteiger partial charge in [0, 0.05) is 12.6 Å². The minimum atomic E-state index is 0.0902. The van der Waals surface area contributed by atoms with Gasteiger partial charge in [-0.05, 0) is 31.8 Å². The summed E-state index contributed by atoms with van der Waals surface area (Å²) in [6.07, 6.45) is 6.31. The van der Waals surface area contributed by atoms with Gasteiger partial charge < -0.3 is 4.90 Å². The fraction of sp³-hybridized carbons (Fsp3) is 0.750. The molecule has 14 heavy (non-hydrogen) atoms. The maximum atomic E-state index is 11.4. The van der Waals surface area contributed by atoms with Crippen LogP contribution < -0.4 is 0 Å². The van der Waals surface area contributed by atoms with Crippen LogP contribution >= 0.6 is 0 Å². The molecule has 1 aliphatic rings. The summed E-state index contributed by atoms with van der Waals surface area (Å²) in [6.45, 7) is 8.82. The monoisotopic (exact) mass is 195 g/mol. The number of carbonyl (C=O) groups is 1. The van der Waals surface area contributed by atoms with Crippen LogP contribution in [0.1, 0.15) is 39.5 Å². The molecule has 0 aromatic carbocycles. The second-order valence-electron chi connectivity index (χ2n) is 4.26. The van der Waals surface area contributed by atoms with Gasteiger partial charge in [-0.25, -0.2) is 0 Å². The van der Waals surface area contributed by atoms with Crippen LogP contribution in [-0.4, -0.2) is 23.4 Å². The Balaban J connectivity index is 2.47. The first kappa shape index (κ1) is 11.3. The molecule has 1 aliphatic heterocycles. The van der Waals surface area contributed by atoms with Crippen molar-refractivity contribution in [2.45, 2.75) is 45.6 Å². The van der Waals surface area contributed by atoms with Crippen LogP contribution in [0.25, 0.3) is 0 Å². The Morgan fingerprint density at radius 2 is 2.36 bits per heavy atom. The molecule has 2 unspecified atom stereocenters. The summed E-state index contributed by atoms with van der Waals surface area (Å²) in [5.74, 6) is 0.913. The van der Waals surface area contributed by atoms with Crippen molar-refractivity contribution in [3.05, 3.63) is 12.7 Å². The summed E-state index contributed by atoms with van der Waals surface area (Å²) >= 11 is 0. The van der Waals surface area contributed by atoms with Gasteiger partial charge in [-0.1, -0.05) is 26.3 Å². The zero-order chi connectivity index (χ0) is 10.6. The smallest absolute Gasteiger partial charge is 0.246 e. The first-order valence-corrected chi connectivity index (χ1v) is 5.62. The molecule has 0 aromatic rings. The summed E-state index contributed by atoms with van der Waals surface area (Å²) in [5.41, 5.74) is 0. The van der Waals surface area contributed by atoms with Crippen LogP contribution in [-0.2, 0) is 4.79 Å². The second kappa shape index (κ2) is 5.18. The average molecular weight is 195 g/mol. The van der Waals surface area contributed by atoms with Crippen molar-refractivity contribution >= 4 is 5.91 Å². The Morgan fingerprint density at radius 3 is 2.86 bits per heavy atom. The van der Waals surface area contributed by atoms with Crippen LogP contribution in [0, 0.1) is 5.92 Å². The van der Waals surface area contributed by atoms with Crippen molar-refractivity contribution in [1.29, 1.82) is 0 Å². The average Bonchev–Trinajstić information content (AvgIpc) is 2.17. The lowest BCUT2D eigenvalue weighted by Gasteiger charge is -2.37. The van der Waals surface area contributed by atoms with Gasteiger partial charge in [0.15, 0.2) is 0 Å². The molecule has 0 radical (unpaired) electrons. The number of hydrogen-bond acceptors (Lipinski definition) is 1. The number of nitrogens with zero attached hydrogens (tertiary/aromatic N) is 1. The Morgan fingerprint density at radius 1 is 1.64 bits per heavy atom. The van der Waals surface area contributed by atoms with Crippen LogP contribution in [0.3, 0.4) is 0 Å². The molecule has 2 heteroatoms. The van der Waals surface area contributed by atoms with Gasteiger partial charge in [-0.15, -0.1) is 0 Å². The Labute approximate surface area is 87.0 Å². The maximum absolute atomic E-state index is 11.4. The number of piperidine rings is 1. The number of rotatable bonds is 3. The zero-order valence-electron chi connectivity index (χ0n) is 9.33. The van der Waals surface area contributed by atoms with E-state index in [9.17, 15) is 4.79 Å². The highest BCUT2D eigenvalue weighted by atomic mass is 16.2. The van der Waals surface area contributed by atoms with Gasteiger partial charge >= 0.3 is 0 Å². The quantitative estimate of drug-likeness (QED) is 0.634. The summed E-state index contributed by atoms with van der Waals surface area (Å²) in [6, 6.07) is 0.394. The molecular formula is C12H21NO. The third-order valence-electron chi connectivity index (χ3n) is 3.14. The summed E-state index contributed by atoms with van der Waals surface area (Å²) < 4.78 is 0. The van der Waals surface area contributed by atoms with Crippen molar-refractivity contribution in [3.63, 3.8) is 0 Å². The Kier molecular flexibility index (Phi) is 4.18. The molecule has 0 bridgehead atoms. The van der Waals surface area contributed by atoms with Gasteiger partial charge in [-0.3, -0.25) is 4.79 Å². The van der Waals surface area contributed by atoms with E-state index >= 15 is 0 Å². The van der Waals surface area contributed by atoms with Gasteiger partial charge in [0.2, 0.25) is 5.91 Å². The SMILES string of the molecule is C=CC(=O)N1CCC(CCC)CC1C. The van der Waals surface area contributed by atoms with E-state index in [4.69, 9.17) is 0 Å². The van der Waals surface area contributed by atoms with Crippen molar-refractivity contribution in [1.82, 2.24) is 4.90 Å². The highest BCUT2D eigenvalue weighted by Crippen LogP contribution is 2.26. The third-order valence-corrected chi connectivity index (χ3v) is 3.14. The zero-order valence-corrected chi connectivity index (χ0v) is 9.33. The molecule has 0 saturated carbocycles. The molecule has 0 aliphatic carbocycles. The van der Waals surface area contributed by atoms with E-state index in [-0.39, 0.29) is 5.91 Å². The van der Waals surface area contributed by atoms with E-state index in [1.54, 1.807) is 0 Å². The predicted molar refractivity (Wildman–Crippen MR) is 59.0 cm³/mol. The third kappa shape index (κ3) is 2.60. The summed E-state index contributed by atoms with van der Waals surface area (Å²) in [5, 5.41) is 0. The number of amides is 1. The largest absolute Gasteiger partial charge is 0.336 e. The molecule has 1 rings (SSSR count). The normalized spacial score (nSPS) is 27.4. The van der Waals surface area contributed by atoms with Gasteiger partial charge in [-0.2, -0.15) is 0 Å². The molecule has 0 N–H and O–H groups in total. The van der Waals surface area contributed by atoms with E-state index in [2.05, 4.69) is 20.4 Å². The summed E-state index contributed by atoms with van der Waals surface area (Å²) in [4.78, 5) is 13.4. The molecule has 1 amide bonds. The van der Waals surface area contributed by atoms with Crippen LogP contribution in [0.4, 0.5) is 0 Å². The van der Waals surface area contributed by atoms with Crippen LogP contribution in [0.2, 0.25) is 0 Å². The van der Waals surface area contributed by atoms with Crippen molar-refractivity contribution in [2.75, 3.05) is 6.54 Å². The Bertz CT molecular complexity index is 212. The molecular weight excluding hydrogens is 174 g/mol. The lowest BCUT2D eigenvalue weighted by Crippen LogP contribution is -2.43. The number of likely N-dealkylation sites (tertiary alicyclic amines) is 1. The minimum absolute atomic E-state index is 0.0902. The fourth-order valence-electron chi connectivity index (χ4n) is 2.38. The standard InChI is InChI=1S/C12H21NO/c1-4-6-11-7-8-13(10(3)9-11)12(14)5-2/h5,10-11H,2,4,6-9H2,1,3H3. The fourth-order valence-corrected chi connectivity index (χ4v) is 2.38. The highest BCUT2D eigenvalue weighted by Gasteiger charge is 2.26. The van der Waals surface area contributed by atoms with Crippen LogP contribution in [0.5, 0.6) is 0 Å². The molecule has 1 fully saturated rings. The second-order valence-corrected chi connectivity index (χ2v) is 4.26. The molecule has 0 spiro atoms. The lowest BCUT2D eigenvalue weighted by atomic mass is 9.88. The molecule has 1 saturated heterocycles. The van der Waals surface area contributed by atoms with E-state index in [0.717, 1.165) is 25.3 Å². The van der Waals surface area contributed by atoms with E-state index in [0.29, 0.717) is 6.04 Å². The van der Waals surface area contributed by atoms with Crippen LogP contribution in [0.15, 0.2) is 12.7 Å². The Hall–Kier alpha value is -0.790. The minimum Gasteiger partial charge on any atom is -0.336 e. The highest BCUT2D eigenvalue weighted by molar-refractivity contribution is 5.87. The molecule has 2 atom stereocenters. The van der Waals surface area contributed by atoms with Gasteiger partial charge in [0.05, 0.1) is 0 Å². The maximum Gasteiger partial charge on any atom is 0.246 e. The van der Waals surface area contributed by atoms with E-state index in [1.165, 1.54) is 18.9 Å². The molecule has 0 aromatic heterocycles. The van der Waals surface area contributed by atoms with Gasteiger partial charge in [0.25, 0.3) is 0 Å². The molecule has 2 nitrogen and oxygen atoms in total. The van der Waals surface area contributed by atoms with Crippen molar-refractivity contribution in [3.8, 4) is 0 Å². The first-order chi connectivity index (χ1) is 6.69. The predicted octanol–water partition coefficient (Wildman–Crippen LogP) is 2.60. The lowest BCUT2D eigenvalue weighted by molar-refractivity contribution is -0.129. The van der Waals surface area contributed by atoms with Gasteiger partial charge in [0.1, 0.15) is 0 Å². The molecule has 80 valence electrons. The van der Waals surface area contributed by atoms with E-state index in [1.807, 2.05) is 4.90 Å². The topological polar surface area (TPSA) is 20.3 Å². The number of hydrogen-bond donors (Lipinski definition) is 0. The number of carbonyl (C=O) groups excluding carboxylic acids is 1.